The van der Waals surface area contributed by atoms with Crippen LogP contribution in [0.3, 0.4) is 0 Å². The van der Waals surface area contributed by atoms with Gasteiger partial charge < -0.3 is 4.52 Å². The molecule has 1 atom stereocenters. The second-order valence-corrected chi connectivity index (χ2v) is 6.60. The number of aromatic nitrogens is 3. The highest BCUT2D eigenvalue weighted by Crippen LogP contribution is 2.32. The average molecular weight is 334 g/mol. The van der Waals surface area contributed by atoms with Crippen molar-refractivity contribution in [3.63, 3.8) is 0 Å². The molecule has 0 amide bonds. The molecule has 1 aliphatic heterocycles. The zero-order valence-electron chi connectivity index (χ0n) is 14.4. The van der Waals surface area contributed by atoms with Gasteiger partial charge in [0.05, 0.1) is 6.04 Å². The summed E-state index contributed by atoms with van der Waals surface area (Å²) < 4.78 is 5.63. The van der Waals surface area contributed by atoms with Gasteiger partial charge in [-0.15, -0.1) is 0 Å². The first kappa shape index (κ1) is 16.0. The normalized spacial score (nSPS) is 18.4. The number of benzene rings is 1. The number of pyridine rings is 1. The Kier molecular flexibility index (Phi) is 4.57. The number of aryl methyl sites for hydroxylation is 1. The average Bonchev–Trinajstić information content (AvgIpc) is 3.15. The molecule has 0 saturated carbocycles. The molecule has 25 heavy (non-hydrogen) atoms. The lowest BCUT2D eigenvalue weighted by Gasteiger charge is -2.33. The van der Waals surface area contributed by atoms with Gasteiger partial charge in [0.2, 0.25) is 11.7 Å². The number of piperidine rings is 1. The van der Waals surface area contributed by atoms with Gasteiger partial charge >= 0.3 is 0 Å². The second kappa shape index (κ2) is 7.15. The largest absolute Gasteiger partial charge is 0.337 e. The van der Waals surface area contributed by atoms with Crippen molar-refractivity contribution in [2.24, 2.45) is 0 Å². The van der Waals surface area contributed by atoms with Crippen LogP contribution in [-0.4, -0.2) is 26.6 Å². The molecule has 1 fully saturated rings. The van der Waals surface area contributed by atoms with Crippen LogP contribution in [0.25, 0.3) is 11.4 Å². The van der Waals surface area contributed by atoms with Crippen LogP contribution in [0, 0.1) is 6.92 Å². The zero-order chi connectivity index (χ0) is 17.1. The van der Waals surface area contributed by atoms with Crippen LogP contribution < -0.4 is 0 Å². The third-order valence-corrected chi connectivity index (χ3v) is 4.91. The topological polar surface area (TPSA) is 55.1 Å². The van der Waals surface area contributed by atoms with Gasteiger partial charge in [-0.05, 0) is 49.6 Å². The monoisotopic (exact) mass is 334 g/mol. The fraction of sp³-hybridized carbons (Fsp3) is 0.350. The lowest BCUT2D eigenvalue weighted by Crippen LogP contribution is -2.33. The number of likely N-dealkylation sites (tertiary alicyclic amines) is 1. The lowest BCUT2D eigenvalue weighted by molar-refractivity contribution is 0.111. The minimum atomic E-state index is 0.191. The van der Waals surface area contributed by atoms with Crippen molar-refractivity contribution in [1.82, 2.24) is 20.0 Å². The first-order valence-electron chi connectivity index (χ1n) is 8.84. The Balaban J connectivity index is 1.57. The van der Waals surface area contributed by atoms with E-state index in [1.54, 1.807) is 12.4 Å². The van der Waals surface area contributed by atoms with Crippen molar-refractivity contribution < 1.29 is 4.52 Å². The molecule has 1 aromatic carbocycles. The first-order valence-corrected chi connectivity index (χ1v) is 8.84. The Bertz CT molecular complexity index is 830. The highest BCUT2D eigenvalue weighted by molar-refractivity contribution is 5.52. The van der Waals surface area contributed by atoms with E-state index in [-0.39, 0.29) is 6.04 Å². The highest BCUT2D eigenvalue weighted by atomic mass is 16.5. The van der Waals surface area contributed by atoms with E-state index in [2.05, 4.69) is 51.2 Å². The quantitative estimate of drug-likeness (QED) is 0.717. The maximum atomic E-state index is 5.63. The third-order valence-electron chi connectivity index (χ3n) is 4.91. The van der Waals surface area contributed by atoms with Gasteiger partial charge in [-0.1, -0.05) is 35.8 Å². The Morgan fingerprint density at radius 3 is 2.80 bits per heavy atom. The van der Waals surface area contributed by atoms with E-state index in [0.29, 0.717) is 5.82 Å². The number of nitrogens with zero attached hydrogens (tertiary/aromatic N) is 4. The van der Waals surface area contributed by atoms with Crippen LogP contribution in [0.15, 0.2) is 53.3 Å². The summed E-state index contributed by atoms with van der Waals surface area (Å²) in [6.07, 6.45) is 6.96. The van der Waals surface area contributed by atoms with E-state index in [1.807, 2.05) is 12.1 Å². The smallest absolute Gasteiger partial charge is 0.244 e. The Morgan fingerprint density at radius 1 is 1.12 bits per heavy atom. The van der Waals surface area contributed by atoms with Crippen LogP contribution in [0.1, 0.15) is 42.3 Å². The first-order chi connectivity index (χ1) is 12.3. The van der Waals surface area contributed by atoms with Crippen LogP contribution in [0.2, 0.25) is 0 Å². The highest BCUT2D eigenvalue weighted by Gasteiger charge is 2.29. The Hall–Kier alpha value is -2.53. The van der Waals surface area contributed by atoms with Crippen molar-refractivity contribution >= 4 is 0 Å². The molecule has 0 radical (unpaired) electrons. The minimum Gasteiger partial charge on any atom is -0.337 e. The molecule has 5 nitrogen and oxygen atoms in total. The zero-order valence-corrected chi connectivity index (χ0v) is 14.4. The van der Waals surface area contributed by atoms with Crippen LogP contribution in [0.4, 0.5) is 0 Å². The Morgan fingerprint density at radius 2 is 1.96 bits per heavy atom. The number of rotatable bonds is 4. The summed E-state index contributed by atoms with van der Waals surface area (Å²) in [5, 5.41) is 4.18. The second-order valence-electron chi connectivity index (χ2n) is 6.60. The molecule has 0 N–H and O–H groups in total. The number of hydrogen-bond acceptors (Lipinski definition) is 5. The Labute approximate surface area is 147 Å². The molecule has 4 rings (SSSR count). The number of hydrogen-bond donors (Lipinski definition) is 0. The summed E-state index contributed by atoms with van der Waals surface area (Å²) >= 11 is 0. The lowest BCUT2D eigenvalue weighted by atomic mass is 10.00. The van der Waals surface area contributed by atoms with Gasteiger partial charge in [0, 0.05) is 24.5 Å². The SMILES string of the molecule is Cc1ccccc1CN1CCCC[C@H]1c1nc(-c2ccncc2)no1. The maximum Gasteiger partial charge on any atom is 0.244 e. The van der Waals surface area contributed by atoms with E-state index in [9.17, 15) is 0 Å². The van der Waals surface area contributed by atoms with Crippen LogP contribution in [0.5, 0.6) is 0 Å². The fourth-order valence-electron chi connectivity index (χ4n) is 3.45. The molecular formula is C20H22N4O. The molecule has 0 spiro atoms. The molecule has 3 heterocycles. The summed E-state index contributed by atoms with van der Waals surface area (Å²) in [5.74, 6) is 1.36. The van der Waals surface area contributed by atoms with Gasteiger partial charge in [0.1, 0.15) is 0 Å². The van der Waals surface area contributed by atoms with E-state index in [0.717, 1.165) is 31.0 Å². The molecule has 128 valence electrons. The maximum absolute atomic E-state index is 5.63. The van der Waals surface area contributed by atoms with E-state index >= 15 is 0 Å². The summed E-state index contributed by atoms with van der Waals surface area (Å²) in [5.41, 5.74) is 3.63. The molecule has 0 bridgehead atoms. The molecule has 1 saturated heterocycles. The van der Waals surface area contributed by atoms with Crippen molar-refractivity contribution in [2.75, 3.05) is 6.54 Å². The van der Waals surface area contributed by atoms with Crippen molar-refractivity contribution in [1.29, 1.82) is 0 Å². The van der Waals surface area contributed by atoms with E-state index in [4.69, 9.17) is 4.52 Å². The predicted octanol–water partition coefficient (Wildman–Crippen LogP) is 4.17. The summed E-state index contributed by atoms with van der Waals surface area (Å²) in [4.78, 5) is 11.2. The molecule has 0 unspecified atom stereocenters. The van der Waals surface area contributed by atoms with Crippen molar-refractivity contribution in [3.8, 4) is 11.4 Å². The molecule has 5 heteroatoms. The van der Waals surface area contributed by atoms with Crippen LogP contribution in [-0.2, 0) is 6.54 Å². The molecule has 2 aromatic heterocycles. The standard InChI is InChI=1S/C20H22N4O/c1-15-6-2-3-7-17(15)14-24-13-5-4-8-18(24)20-22-19(23-25-20)16-9-11-21-12-10-16/h2-3,6-7,9-12,18H,4-5,8,13-14H2,1H3/t18-/m0/s1. The van der Waals surface area contributed by atoms with Gasteiger partial charge in [0.15, 0.2) is 0 Å². The summed E-state index contributed by atoms with van der Waals surface area (Å²) in [7, 11) is 0. The van der Waals surface area contributed by atoms with Crippen molar-refractivity contribution in [2.45, 2.75) is 38.8 Å². The van der Waals surface area contributed by atoms with Crippen LogP contribution >= 0.6 is 0 Å². The third kappa shape index (κ3) is 3.46. The van der Waals surface area contributed by atoms with Crippen molar-refractivity contribution in [3.05, 3.63) is 65.8 Å². The van der Waals surface area contributed by atoms with E-state index < -0.39 is 0 Å². The fourth-order valence-corrected chi connectivity index (χ4v) is 3.45. The molecule has 0 aliphatic carbocycles. The van der Waals surface area contributed by atoms with Gasteiger partial charge in [-0.2, -0.15) is 4.98 Å². The molecule has 1 aliphatic rings. The molecular weight excluding hydrogens is 312 g/mol. The van der Waals surface area contributed by atoms with E-state index in [1.165, 1.54) is 24.0 Å². The minimum absolute atomic E-state index is 0.191. The van der Waals surface area contributed by atoms with Gasteiger partial charge in [0.25, 0.3) is 0 Å². The summed E-state index contributed by atoms with van der Waals surface area (Å²) in [6.45, 7) is 4.15. The predicted molar refractivity (Wildman–Crippen MR) is 95.7 cm³/mol. The van der Waals surface area contributed by atoms with Gasteiger partial charge in [-0.25, -0.2) is 0 Å². The summed E-state index contributed by atoms with van der Waals surface area (Å²) in [6, 6.07) is 12.6. The van der Waals surface area contributed by atoms with Gasteiger partial charge in [-0.3, -0.25) is 9.88 Å². The molecule has 3 aromatic rings.